The van der Waals surface area contributed by atoms with Crippen LogP contribution in [-0.4, -0.2) is 29.9 Å². The van der Waals surface area contributed by atoms with Crippen molar-refractivity contribution in [2.45, 2.75) is 44.2 Å². The summed E-state index contributed by atoms with van der Waals surface area (Å²) in [6.45, 7) is 2.09. The number of hydrogen-bond donors (Lipinski definition) is 1. The van der Waals surface area contributed by atoms with Gasteiger partial charge in [0.25, 0.3) is 0 Å². The van der Waals surface area contributed by atoms with Gasteiger partial charge in [-0.15, -0.1) is 0 Å². The quantitative estimate of drug-likeness (QED) is 0.882. The Morgan fingerprint density at radius 3 is 2.58 bits per heavy atom. The van der Waals surface area contributed by atoms with Gasteiger partial charge in [0.05, 0.1) is 5.92 Å². The number of nitrogens with zero attached hydrogens (tertiary/aromatic N) is 1. The molecule has 0 unspecified atom stereocenters. The van der Waals surface area contributed by atoms with E-state index in [4.69, 9.17) is 5.73 Å². The Morgan fingerprint density at radius 2 is 1.95 bits per heavy atom. The highest BCUT2D eigenvalue weighted by Gasteiger charge is 2.48. The summed E-state index contributed by atoms with van der Waals surface area (Å²) in [5, 5.41) is 0. The fourth-order valence-corrected chi connectivity index (χ4v) is 4.01. The number of carbonyl (C=O) groups is 1. The number of aryl methyl sites for hydroxylation is 1. The van der Waals surface area contributed by atoms with Gasteiger partial charge in [0.2, 0.25) is 5.91 Å². The summed E-state index contributed by atoms with van der Waals surface area (Å²) in [6, 6.07) is 9.55. The zero-order valence-corrected chi connectivity index (χ0v) is 11.7. The number of carbonyl (C=O) groups excluding carboxylic acids is 1. The molecule has 3 heteroatoms. The van der Waals surface area contributed by atoms with Gasteiger partial charge >= 0.3 is 0 Å². The molecule has 102 valence electrons. The van der Waals surface area contributed by atoms with E-state index in [-0.39, 0.29) is 11.8 Å². The van der Waals surface area contributed by atoms with Crippen molar-refractivity contribution in [2.24, 2.45) is 11.7 Å². The van der Waals surface area contributed by atoms with Crippen LogP contribution in [0, 0.1) is 12.8 Å². The van der Waals surface area contributed by atoms with Crippen molar-refractivity contribution >= 4 is 5.91 Å². The maximum atomic E-state index is 11.9. The lowest BCUT2D eigenvalue weighted by molar-refractivity contribution is -0.126. The number of piperidine rings is 1. The van der Waals surface area contributed by atoms with Gasteiger partial charge in [-0.1, -0.05) is 29.8 Å². The molecule has 1 amide bonds. The molecular formula is C16H22N2O. The Morgan fingerprint density at radius 1 is 1.26 bits per heavy atom. The molecule has 0 aromatic heterocycles. The number of benzene rings is 1. The van der Waals surface area contributed by atoms with Crippen LogP contribution >= 0.6 is 0 Å². The summed E-state index contributed by atoms with van der Waals surface area (Å²) in [6.07, 6.45) is 3.37. The second-order valence-corrected chi connectivity index (χ2v) is 6.15. The zero-order valence-electron chi connectivity index (χ0n) is 11.7. The number of fused-ring (bicyclic) bond motifs is 2. The van der Waals surface area contributed by atoms with Crippen LogP contribution in [0.3, 0.4) is 0 Å². The molecule has 2 N–H and O–H groups in total. The van der Waals surface area contributed by atoms with Crippen molar-refractivity contribution in [3.63, 3.8) is 0 Å². The van der Waals surface area contributed by atoms with Gasteiger partial charge < -0.3 is 5.73 Å². The first kappa shape index (κ1) is 12.7. The molecule has 2 heterocycles. The third kappa shape index (κ3) is 2.06. The summed E-state index contributed by atoms with van der Waals surface area (Å²) in [7, 11) is 2.14. The highest BCUT2D eigenvalue weighted by molar-refractivity contribution is 5.79. The van der Waals surface area contributed by atoms with Crippen LogP contribution in [0.1, 0.15) is 36.3 Å². The van der Waals surface area contributed by atoms with E-state index in [0.717, 1.165) is 12.8 Å². The van der Waals surface area contributed by atoms with E-state index in [1.165, 1.54) is 17.5 Å². The molecule has 0 saturated carbocycles. The molecule has 4 atom stereocenters. The Bertz CT molecular complexity index is 482. The number of hydrogen-bond acceptors (Lipinski definition) is 2. The lowest BCUT2D eigenvalue weighted by Gasteiger charge is -2.41. The van der Waals surface area contributed by atoms with Crippen LogP contribution in [-0.2, 0) is 4.79 Å². The fraction of sp³-hybridized carbons (Fsp3) is 0.562. The van der Waals surface area contributed by atoms with E-state index in [0.29, 0.717) is 18.0 Å². The van der Waals surface area contributed by atoms with Crippen LogP contribution in [0.15, 0.2) is 24.3 Å². The average Bonchev–Trinajstić information content (AvgIpc) is 2.63. The second-order valence-electron chi connectivity index (χ2n) is 6.15. The number of rotatable bonds is 2. The minimum absolute atomic E-state index is 0.0357. The van der Waals surface area contributed by atoms with Crippen molar-refractivity contribution in [3.05, 3.63) is 35.4 Å². The van der Waals surface area contributed by atoms with Crippen LogP contribution < -0.4 is 5.73 Å². The fourth-order valence-electron chi connectivity index (χ4n) is 4.01. The molecule has 1 aromatic rings. The summed E-state index contributed by atoms with van der Waals surface area (Å²) >= 11 is 0. The first-order chi connectivity index (χ1) is 9.08. The lowest BCUT2D eigenvalue weighted by atomic mass is 9.75. The maximum absolute atomic E-state index is 11.9. The molecule has 2 aliphatic heterocycles. The molecule has 2 fully saturated rings. The Hall–Kier alpha value is -1.35. The SMILES string of the molecule is Cc1ccc([C@H]2C[C@@H]3CC[C@H]([C@H]2C(N)=O)N3C)cc1. The van der Waals surface area contributed by atoms with Crippen LogP contribution in [0.4, 0.5) is 0 Å². The molecule has 0 radical (unpaired) electrons. The first-order valence-corrected chi connectivity index (χ1v) is 7.15. The van der Waals surface area contributed by atoms with Crippen LogP contribution in [0.2, 0.25) is 0 Å². The van der Waals surface area contributed by atoms with Crippen molar-refractivity contribution in [2.75, 3.05) is 7.05 Å². The first-order valence-electron chi connectivity index (χ1n) is 7.15. The van der Waals surface area contributed by atoms with E-state index < -0.39 is 0 Å². The number of amides is 1. The Labute approximate surface area is 114 Å². The monoisotopic (exact) mass is 258 g/mol. The molecule has 3 nitrogen and oxygen atoms in total. The molecule has 19 heavy (non-hydrogen) atoms. The van der Waals surface area contributed by atoms with Crippen LogP contribution in [0.25, 0.3) is 0 Å². The minimum atomic E-state index is -0.136. The van der Waals surface area contributed by atoms with Crippen molar-refractivity contribution < 1.29 is 4.79 Å². The number of nitrogens with two attached hydrogens (primary N) is 1. The smallest absolute Gasteiger partial charge is 0.222 e. The van der Waals surface area contributed by atoms with E-state index in [2.05, 4.69) is 43.1 Å². The normalized spacial score (nSPS) is 34.4. The summed E-state index contributed by atoms with van der Waals surface area (Å²) in [5.74, 6) is 0.126. The van der Waals surface area contributed by atoms with Gasteiger partial charge in [-0.2, -0.15) is 0 Å². The standard InChI is InChI=1S/C16H22N2O/c1-10-3-5-11(6-4-10)13-9-12-7-8-14(18(12)2)15(13)16(17)19/h3-6,12-15H,7-9H2,1-2H3,(H2,17,19)/t12-,13+,14+,15-/m0/s1. The van der Waals surface area contributed by atoms with E-state index >= 15 is 0 Å². The summed E-state index contributed by atoms with van der Waals surface area (Å²) < 4.78 is 0. The van der Waals surface area contributed by atoms with E-state index in [1.807, 2.05) is 0 Å². The predicted octanol–water partition coefficient (Wildman–Crippen LogP) is 2.05. The van der Waals surface area contributed by atoms with Gasteiger partial charge in [-0.3, -0.25) is 9.69 Å². The van der Waals surface area contributed by atoms with Gasteiger partial charge in [0, 0.05) is 12.1 Å². The third-order valence-electron chi connectivity index (χ3n) is 5.10. The third-order valence-corrected chi connectivity index (χ3v) is 5.10. The molecule has 3 rings (SSSR count). The van der Waals surface area contributed by atoms with Gasteiger partial charge in [0.1, 0.15) is 0 Å². The summed E-state index contributed by atoms with van der Waals surface area (Å²) in [5.41, 5.74) is 8.24. The lowest BCUT2D eigenvalue weighted by Crippen LogP contribution is -2.50. The molecule has 2 bridgehead atoms. The van der Waals surface area contributed by atoms with Crippen molar-refractivity contribution in [1.82, 2.24) is 4.90 Å². The highest BCUT2D eigenvalue weighted by Crippen LogP contribution is 2.45. The van der Waals surface area contributed by atoms with E-state index in [9.17, 15) is 4.79 Å². The van der Waals surface area contributed by atoms with Gasteiger partial charge in [-0.25, -0.2) is 0 Å². The molecule has 2 saturated heterocycles. The van der Waals surface area contributed by atoms with Crippen LogP contribution in [0.5, 0.6) is 0 Å². The van der Waals surface area contributed by atoms with Crippen molar-refractivity contribution in [1.29, 1.82) is 0 Å². The van der Waals surface area contributed by atoms with Gasteiger partial charge in [0.15, 0.2) is 0 Å². The topological polar surface area (TPSA) is 46.3 Å². The Kier molecular flexibility index (Phi) is 3.09. The van der Waals surface area contributed by atoms with Crippen molar-refractivity contribution in [3.8, 4) is 0 Å². The minimum Gasteiger partial charge on any atom is -0.369 e. The molecule has 2 aliphatic rings. The summed E-state index contributed by atoms with van der Waals surface area (Å²) in [4.78, 5) is 14.3. The molecule has 0 spiro atoms. The average molecular weight is 258 g/mol. The van der Waals surface area contributed by atoms with E-state index in [1.54, 1.807) is 0 Å². The second kappa shape index (κ2) is 4.64. The molecule has 1 aromatic carbocycles. The maximum Gasteiger partial charge on any atom is 0.222 e. The number of primary amides is 1. The van der Waals surface area contributed by atoms with Gasteiger partial charge in [-0.05, 0) is 44.7 Å². The highest BCUT2D eigenvalue weighted by atomic mass is 16.1. The molecular weight excluding hydrogens is 236 g/mol. The largest absolute Gasteiger partial charge is 0.369 e. The predicted molar refractivity (Wildman–Crippen MR) is 75.8 cm³/mol. The Balaban J connectivity index is 1.95. The zero-order chi connectivity index (χ0) is 13.6. The molecule has 0 aliphatic carbocycles.